The van der Waals surface area contributed by atoms with Crippen LogP contribution in [0.25, 0.3) is 0 Å². The fraction of sp³-hybridized carbons (Fsp3) is 0.222. The van der Waals surface area contributed by atoms with Crippen LogP contribution in [0, 0.1) is 13.8 Å². The van der Waals surface area contributed by atoms with Gasteiger partial charge >= 0.3 is 0 Å². The summed E-state index contributed by atoms with van der Waals surface area (Å²) >= 11 is 23.3. The van der Waals surface area contributed by atoms with Crippen LogP contribution in [0.4, 0.5) is 5.69 Å². The Hall–Kier alpha value is -1.53. The Morgan fingerprint density at radius 3 is 2.19 bits per heavy atom. The van der Waals surface area contributed by atoms with Crippen LogP contribution in [-0.4, -0.2) is 21.0 Å². The van der Waals surface area contributed by atoms with Gasteiger partial charge in [-0.15, -0.1) is 0 Å². The second-order valence-corrected chi connectivity index (χ2v) is 8.50. The zero-order chi connectivity index (χ0) is 19.3. The number of nitrogens with one attached hydrogen (secondary N) is 3. The van der Waals surface area contributed by atoms with E-state index in [0.29, 0.717) is 5.56 Å². The molecule has 0 bridgehead atoms. The van der Waals surface area contributed by atoms with E-state index in [4.69, 9.17) is 47.0 Å². The number of benzene rings is 2. The van der Waals surface area contributed by atoms with Gasteiger partial charge in [-0.05, 0) is 49.8 Å². The predicted molar refractivity (Wildman–Crippen MR) is 113 cm³/mol. The van der Waals surface area contributed by atoms with E-state index in [1.54, 1.807) is 12.1 Å². The molecule has 0 saturated heterocycles. The van der Waals surface area contributed by atoms with E-state index in [-0.39, 0.29) is 11.0 Å². The van der Waals surface area contributed by atoms with Gasteiger partial charge in [0.05, 0.1) is 0 Å². The number of amides is 1. The molecule has 26 heavy (non-hydrogen) atoms. The highest BCUT2D eigenvalue weighted by Gasteiger charge is 2.34. The number of anilines is 1. The quantitative estimate of drug-likeness (QED) is 0.373. The molecular formula is C18H18Cl3N3OS. The van der Waals surface area contributed by atoms with Crippen molar-refractivity contribution in [3.63, 3.8) is 0 Å². The van der Waals surface area contributed by atoms with Gasteiger partial charge in [0.2, 0.25) is 3.79 Å². The number of hydrogen-bond donors (Lipinski definition) is 3. The van der Waals surface area contributed by atoms with Crippen molar-refractivity contribution in [3.8, 4) is 0 Å². The van der Waals surface area contributed by atoms with Gasteiger partial charge in [-0.3, -0.25) is 4.79 Å². The normalized spacial score (nSPS) is 12.2. The number of halogens is 3. The van der Waals surface area contributed by atoms with Crippen molar-refractivity contribution in [1.29, 1.82) is 0 Å². The van der Waals surface area contributed by atoms with Gasteiger partial charge in [-0.1, -0.05) is 70.7 Å². The molecule has 0 aliphatic rings. The van der Waals surface area contributed by atoms with E-state index >= 15 is 0 Å². The van der Waals surface area contributed by atoms with E-state index in [1.807, 2.05) is 50.2 Å². The van der Waals surface area contributed by atoms with E-state index in [1.165, 1.54) is 0 Å². The lowest BCUT2D eigenvalue weighted by Crippen LogP contribution is -2.56. The highest BCUT2D eigenvalue weighted by molar-refractivity contribution is 7.80. The van der Waals surface area contributed by atoms with Gasteiger partial charge in [0, 0.05) is 11.3 Å². The molecule has 0 heterocycles. The molecule has 0 aromatic heterocycles. The van der Waals surface area contributed by atoms with Crippen molar-refractivity contribution in [3.05, 3.63) is 65.2 Å². The Morgan fingerprint density at radius 1 is 1.00 bits per heavy atom. The van der Waals surface area contributed by atoms with E-state index in [9.17, 15) is 4.79 Å². The highest BCUT2D eigenvalue weighted by Crippen LogP contribution is 2.29. The second kappa shape index (κ2) is 8.91. The van der Waals surface area contributed by atoms with Crippen LogP contribution in [0.3, 0.4) is 0 Å². The Bertz CT molecular complexity index is 791. The lowest BCUT2D eigenvalue weighted by Gasteiger charge is -2.28. The summed E-state index contributed by atoms with van der Waals surface area (Å²) in [7, 11) is 0. The number of thiocarbonyl (C=S) groups is 1. The topological polar surface area (TPSA) is 53.2 Å². The van der Waals surface area contributed by atoms with Crippen molar-refractivity contribution in [2.24, 2.45) is 0 Å². The SMILES string of the molecule is Cc1ccc(C(=O)N[C@@H](NC(=S)Nc2ccccc2C)C(Cl)(Cl)Cl)cc1. The summed E-state index contributed by atoms with van der Waals surface area (Å²) in [6.07, 6.45) is -1.02. The number of para-hydroxylation sites is 1. The molecule has 2 aromatic rings. The fourth-order valence-electron chi connectivity index (χ4n) is 2.12. The van der Waals surface area contributed by atoms with Crippen molar-refractivity contribution in [2.45, 2.75) is 23.8 Å². The third-order valence-electron chi connectivity index (χ3n) is 3.59. The zero-order valence-electron chi connectivity index (χ0n) is 14.1. The van der Waals surface area contributed by atoms with E-state index < -0.39 is 9.96 Å². The maximum atomic E-state index is 12.4. The molecule has 138 valence electrons. The summed E-state index contributed by atoms with van der Waals surface area (Å²) in [6.45, 7) is 3.87. The number of alkyl halides is 3. The van der Waals surface area contributed by atoms with Crippen LogP contribution in [0.2, 0.25) is 0 Å². The maximum absolute atomic E-state index is 12.4. The first-order chi connectivity index (χ1) is 12.2. The molecule has 0 spiro atoms. The molecule has 8 heteroatoms. The molecule has 2 rings (SSSR count). The molecule has 4 nitrogen and oxygen atoms in total. The minimum absolute atomic E-state index is 0.222. The van der Waals surface area contributed by atoms with Crippen molar-refractivity contribution in [1.82, 2.24) is 10.6 Å². The number of rotatable bonds is 4. The van der Waals surface area contributed by atoms with Crippen molar-refractivity contribution >= 4 is 63.7 Å². The van der Waals surface area contributed by atoms with Crippen LogP contribution in [-0.2, 0) is 0 Å². The third-order valence-corrected chi connectivity index (χ3v) is 4.46. The van der Waals surface area contributed by atoms with E-state index in [0.717, 1.165) is 16.8 Å². The predicted octanol–water partition coefficient (Wildman–Crippen LogP) is 4.72. The summed E-state index contributed by atoms with van der Waals surface area (Å²) in [6, 6.07) is 14.7. The Kier molecular flexibility index (Phi) is 7.12. The van der Waals surface area contributed by atoms with E-state index in [2.05, 4.69) is 16.0 Å². The molecule has 0 fully saturated rings. The lowest BCUT2D eigenvalue weighted by atomic mass is 10.1. The molecule has 0 aliphatic carbocycles. The van der Waals surface area contributed by atoms with Crippen LogP contribution >= 0.6 is 47.0 Å². The standard InChI is InChI=1S/C18H18Cl3N3OS/c1-11-7-9-13(10-8-11)15(25)23-16(18(19,20)21)24-17(26)22-14-6-4-3-5-12(14)2/h3-10,16H,1-2H3,(H,23,25)(H2,22,24,26)/t16-/m0/s1. The molecule has 0 radical (unpaired) electrons. The van der Waals surface area contributed by atoms with Crippen LogP contribution in [0.15, 0.2) is 48.5 Å². The molecular weight excluding hydrogens is 413 g/mol. The van der Waals surface area contributed by atoms with Crippen molar-refractivity contribution in [2.75, 3.05) is 5.32 Å². The summed E-state index contributed by atoms with van der Waals surface area (Å²) in [5, 5.41) is 8.74. The smallest absolute Gasteiger partial charge is 0.252 e. The van der Waals surface area contributed by atoms with Crippen molar-refractivity contribution < 1.29 is 4.79 Å². The Balaban J connectivity index is 2.07. The molecule has 0 aliphatic heterocycles. The average molecular weight is 431 g/mol. The number of carbonyl (C=O) groups is 1. The zero-order valence-corrected chi connectivity index (χ0v) is 17.2. The number of hydrogen-bond acceptors (Lipinski definition) is 2. The van der Waals surface area contributed by atoms with Gasteiger partial charge in [0.25, 0.3) is 5.91 Å². The maximum Gasteiger partial charge on any atom is 0.252 e. The molecule has 0 saturated carbocycles. The van der Waals surface area contributed by atoms with Gasteiger partial charge < -0.3 is 16.0 Å². The van der Waals surface area contributed by atoms with Crippen LogP contribution < -0.4 is 16.0 Å². The minimum Gasteiger partial charge on any atom is -0.339 e. The first-order valence-corrected chi connectivity index (χ1v) is 9.28. The number of aryl methyl sites for hydroxylation is 2. The van der Waals surface area contributed by atoms with Crippen LogP contribution in [0.1, 0.15) is 21.5 Å². The summed E-state index contributed by atoms with van der Waals surface area (Å²) in [5.74, 6) is -0.382. The van der Waals surface area contributed by atoms with Crippen LogP contribution in [0.5, 0.6) is 0 Å². The highest BCUT2D eigenvalue weighted by atomic mass is 35.6. The number of carbonyl (C=O) groups excluding carboxylic acids is 1. The summed E-state index contributed by atoms with van der Waals surface area (Å²) in [5.41, 5.74) is 3.32. The fourth-order valence-corrected chi connectivity index (χ4v) is 2.68. The molecule has 0 unspecified atom stereocenters. The minimum atomic E-state index is -1.81. The molecule has 3 N–H and O–H groups in total. The third kappa shape index (κ3) is 6.02. The molecule has 1 atom stereocenters. The largest absolute Gasteiger partial charge is 0.339 e. The monoisotopic (exact) mass is 429 g/mol. The lowest BCUT2D eigenvalue weighted by molar-refractivity contribution is 0.0934. The summed E-state index contributed by atoms with van der Waals surface area (Å²) in [4.78, 5) is 12.4. The van der Waals surface area contributed by atoms with Gasteiger partial charge in [-0.2, -0.15) is 0 Å². The molecule has 1 amide bonds. The Labute approximate surface area is 173 Å². The van der Waals surface area contributed by atoms with Gasteiger partial charge in [0.1, 0.15) is 6.17 Å². The van der Waals surface area contributed by atoms with Gasteiger partial charge in [-0.25, -0.2) is 0 Å². The Morgan fingerprint density at radius 2 is 1.62 bits per heavy atom. The first-order valence-electron chi connectivity index (χ1n) is 7.74. The average Bonchev–Trinajstić information content (AvgIpc) is 2.56. The van der Waals surface area contributed by atoms with Gasteiger partial charge in [0.15, 0.2) is 5.11 Å². The molecule has 2 aromatic carbocycles. The second-order valence-electron chi connectivity index (χ2n) is 5.73. The first kappa shape index (κ1) is 20.8. The summed E-state index contributed by atoms with van der Waals surface area (Å²) < 4.78 is -1.81.